The summed E-state index contributed by atoms with van der Waals surface area (Å²) in [5.74, 6) is 0. The molecule has 86 valence electrons. The van der Waals surface area contributed by atoms with E-state index in [1.54, 1.807) is 12.3 Å². The number of aryl methyl sites for hydroxylation is 1. The summed E-state index contributed by atoms with van der Waals surface area (Å²) in [5.41, 5.74) is 4.33. The topological polar surface area (TPSA) is 12.9 Å². The summed E-state index contributed by atoms with van der Waals surface area (Å²) in [4.78, 5) is 4.41. The predicted octanol–water partition coefficient (Wildman–Crippen LogP) is 4.70. The molecule has 1 aromatic heterocycles. The van der Waals surface area contributed by atoms with Gasteiger partial charge in [-0.25, -0.2) is 0 Å². The normalized spacial score (nSPS) is 11.2. The molecule has 1 nitrogen and oxygen atoms in total. The molecule has 0 radical (unpaired) electrons. The maximum Gasteiger partial charge on any atom is 0.0752 e. The highest BCUT2D eigenvalue weighted by atomic mass is 35.5. The predicted molar refractivity (Wildman–Crippen MR) is 75.5 cm³/mol. The van der Waals surface area contributed by atoms with Crippen molar-refractivity contribution in [2.75, 3.05) is 0 Å². The minimum Gasteiger partial charge on any atom is -0.256 e. The summed E-state index contributed by atoms with van der Waals surface area (Å²) in [6.45, 7) is 7.79. The van der Waals surface area contributed by atoms with Crippen LogP contribution in [0.4, 0.5) is 0 Å². The van der Waals surface area contributed by atoms with Gasteiger partial charge in [-0.3, -0.25) is 4.98 Å². The lowest BCUT2D eigenvalue weighted by Gasteiger charge is -2.11. The summed E-state index contributed by atoms with van der Waals surface area (Å²) >= 11 is 6.38. The van der Waals surface area contributed by atoms with E-state index in [9.17, 15) is 0 Å². The van der Waals surface area contributed by atoms with Crippen LogP contribution in [0.5, 0.6) is 0 Å². The molecular weight excluding hydrogens is 230 g/mol. The van der Waals surface area contributed by atoms with Crippen LogP contribution in [0.2, 0.25) is 5.02 Å². The van der Waals surface area contributed by atoms with Crippen LogP contribution < -0.4 is 0 Å². The van der Waals surface area contributed by atoms with E-state index in [0.717, 1.165) is 32.6 Å². The van der Waals surface area contributed by atoms with Crippen molar-refractivity contribution in [3.05, 3.63) is 58.8 Å². The smallest absolute Gasteiger partial charge is 0.0752 e. The SMILES string of the molecule is C=C/C=C\c1c(C)c(Cl)c2cccnc2c1C. The number of fused-ring (bicyclic) bond motifs is 1. The number of allylic oxidation sites excluding steroid dienone is 2. The van der Waals surface area contributed by atoms with Gasteiger partial charge < -0.3 is 0 Å². The highest BCUT2D eigenvalue weighted by Gasteiger charge is 2.11. The third-order valence-corrected chi connectivity index (χ3v) is 3.42. The molecule has 0 N–H and O–H groups in total. The molecular formula is C15H14ClN. The van der Waals surface area contributed by atoms with Gasteiger partial charge in [-0.15, -0.1) is 0 Å². The minimum absolute atomic E-state index is 0.780. The Labute approximate surface area is 106 Å². The first-order chi connectivity index (χ1) is 8.16. The Morgan fingerprint density at radius 1 is 1.29 bits per heavy atom. The largest absolute Gasteiger partial charge is 0.256 e. The van der Waals surface area contributed by atoms with Crippen molar-refractivity contribution in [3.8, 4) is 0 Å². The second-order valence-corrected chi connectivity index (χ2v) is 4.35. The van der Waals surface area contributed by atoms with E-state index in [1.807, 2.05) is 31.2 Å². The van der Waals surface area contributed by atoms with Crippen molar-refractivity contribution in [2.45, 2.75) is 13.8 Å². The standard InChI is InChI=1S/C15H14ClN/c1-4-5-7-12-10(2)14(16)13-8-6-9-17-15(13)11(12)3/h4-9H,1H2,2-3H3/b7-5-. The Morgan fingerprint density at radius 3 is 2.76 bits per heavy atom. The number of hydrogen-bond acceptors (Lipinski definition) is 1. The first kappa shape index (κ1) is 11.9. The number of rotatable bonds is 2. The van der Waals surface area contributed by atoms with Gasteiger partial charge in [-0.1, -0.05) is 36.4 Å². The van der Waals surface area contributed by atoms with Crippen LogP contribution >= 0.6 is 11.6 Å². The first-order valence-electron chi connectivity index (χ1n) is 5.49. The Morgan fingerprint density at radius 2 is 2.06 bits per heavy atom. The summed E-state index contributed by atoms with van der Waals surface area (Å²) in [7, 11) is 0. The van der Waals surface area contributed by atoms with Crippen LogP contribution in [0.25, 0.3) is 17.0 Å². The van der Waals surface area contributed by atoms with Crippen LogP contribution in [-0.4, -0.2) is 4.98 Å². The molecule has 0 amide bonds. The molecule has 1 heterocycles. The molecule has 0 saturated carbocycles. The second-order valence-electron chi connectivity index (χ2n) is 3.97. The number of pyridine rings is 1. The fourth-order valence-electron chi connectivity index (χ4n) is 2.02. The highest BCUT2D eigenvalue weighted by molar-refractivity contribution is 6.36. The molecule has 0 aliphatic heterocycles. The van der Waals surface area contributed by atoms with Gasteiger partial charge in [0.2, 0.25) is 0 Å². The van der Waals surface area contributed by atoms with Crippen LogP contribution in [0, 0.1) is 13.8 Å². The fourth-order valence-corrected chi connectivity index (χ4v) is 2.28. The van der Waals surface area contributed by atoms with Crippen molar-refractivity contribution in [3.63, 3.8) is 0 Å². The molecule has 0 aliphatic rings. The maximum atomic E-state index is 6.38. The van der Waals surface area contributed by atoms with Gasteiger partial charge in [0.1, 0.15) is 0 Å². The van der Waals surface area contributed by atoms with E-state index in [2.05, 4.69) is 18.5 Å². The zero-order chi connectivity index (χ0) is 12.4. The molecule has 2 heteroatoms. The Bertz CT molecular complexity index is 612. The van der Waals surface area contributed by atoms with Crippen LogP contribution in [-0.2, 0) is 0 Å². The molecule has 1 aromatic carbocycles. The van der Waals surface area contributed by atoms with E-state index < -0.39 is 0 Å². The van der Waals surface area contributed by atoms with Crippen molar-refractivity contribution >= 4 is 28.6 Å². The van der Waals surface area contributed by atoms with Gasteiger partial charge in [0.25, 0.3) is 0 Å². The molecule has 0 fully saturated rings. The van der Waals surface area contributed by atoms with E-state index in [-0.39, 0.29) is 0 Å². The van der Waals surface area contributed by atoms with E-state index >= 15 is 0 Å². The number of aromatic nitrogens is 1. The van der Waals surface area contributed by atoms with E-state index in [0.29, 0.717) is 0 Å². The van der Waals surface area contributed by atoms with Gasteiger partial charge in [-0.2, -0.15) is 0 Å². The Balaban J connectivity index is 2.86. The summed E-state index contributed by atoms with van der Waals surface area (Å²) in [6.07, 6.45) is 7.50. The van der Waals surface area contributed by atoms with E-state index in [4.69, 9.17) is 11.6 Å². The molecule has 0 aliphatic carbocycles. The molecule has 0 atom stereocenters. The zero-order valence-corrected chi connectivity index (χ0v) is 10.8. The average molecular weight is 244 g/mol. The minimum atomic E-state index is 0.780. The quantitative estimate of drug-likeness (QED) is 0.697. The summed E-state index contributed by atoms with van der Waals surface area (Å²) in [5, 5.41) is 1.79. The lowest BCUT2D eigenvalue weighted by molar-refractivity contribution is 1.32. The third-order valence-electron chi connectivity index (χ3n) is 2.94. The van der Waals surface area contributed by atoms with Crippen molar-refractivity contribution < 1.29 is 0 Å². The number of benzene rings is 1. The lowest BCUT2D eigenvalue weighted by atomic mass is 9.98. The van der Waals surface area contributed by atoms with Crippen LogP contribution in [0.15, 0.2) is 37.1 Å². The van der Waals surface area contributed by atoms with Crippen molar-refractivity contribution in [1.29, 1.82) is 0 Å². The van der Waals surface area contributed by atoms with Crippen LogP contribution in [0.3, 0.4) is 0 Å². The van der Waals surface area contributed by atoms with Gasteiger partial charge in [0.15, 0.2) is 0 Å². The van der Waals surface area contributed by atoms with Gasteiger partial charge >= 0.3 is 0 Å². The monoisotopic (exact) mass is 243 g/mol. The fraction of sp³-hybridized carbons (Fsp3) is 0.133. The van der Waals surface area contributed by atoms with Crippen LogP contribution in [0.1, 0.15) is 16.7 Å². The third kappa shape index (κ3) is 1.98. The Kier molecular flexibility index (Phi) is 3.30. The van der Waals surface area contributed by atoms with Gasteiger partial charge in [0, 0.05) is 11.6 Å². The molecule has 0 saturated heterocycles. The van der Waals surface area contributed by atoms with Gasteiger partial charge in [-0.05, 0) is 42.7 Å². The van der Waals surface area contributed by atoms with Gasteiger partial charge in [0.05, 0.1) is 10.5 Å². The molecule has 17 heavy (non-hydrogen) atoms. The van der Waals surface area contributed by atoms with Crippen molar-refractivity contribution in [1.82, 2.24) is 4.98 Å². The summed E-state index contributed by atoms with van der Waals surface area (Å²) in [6, 6.07) is 3.91. The number of halogens is 1. The average Bonchev–Trinajstić information content (AvgIpc) is 2.36. The second kappa shape index (κ2) is 4.72. The lowest BCUT2D eigenvalue weighted by Crippen LogP contribution is -1.93. The number of hydrogen-bond donors (Lipinski definition) is 0. The molecule has 0 bridgehead atoms. The molecule has 0 spiro atoms. The first-order valence-corrected chi connectivity index (χ1v) is 5.87. The molecule has 0 unspecified atom stereocenters. The Hall–Kier alpha value is -1.60. The maximum absolute atomic E-state index is 6.38. The number of nitrogens with zero attached hydrogens (tertiary/aromatic N) is 1. The van der Waals surface area contributed by atoms with Crippen molar-refractivity contribution in [2.24, 2.45) is 0 Å². The van der Waals surface area contributed by atoms with E-state index in [1.165, 1.54) is 0 Å². The molecule has 2 aromatic rings. The highest BCUT2D eigenvalue weighted by Crippen LogP contribution is 2.32. The summed E-state index contributed by atoms with van der Waals surface area (Å²) < 4.78 is 0. The zero-order valence-electron chi connectivity index (χ0n) is 10.00. The molecule has 2 rings (SSSR count).